The van der Waals surface area contributed by atoms with Crippen molar-refractivity contribution in [3.05, 3.63) is 59.2 Å². The molecule has 0 bridgehead atoms. The number of halogens is 3. The monoisotopic (exact) mass is 470 g/mol. The second kappa shape index (κ2) is 7.77. The van der Waals surface area contributed by atoms with Crippen molar-refractivity contribution in [3.63, 3.8) is 0 Å². The Labute approximate surface area is 197 Å². The van der Waals surface area contributed by atoms with Gasteiger partial charge in [-0.15, -0.1) is 0 Å². The Bertz CT molecular complexity index is 1110. The topological polar surface area (TPSA) is 49.3 Å². The van der Waals surface area contributed by atoms with Crippen LogP contribution in [0.1, 0.15) is 61.0 Å². The number of rotatable bonds is 2. The lowest BCUT2D eigenvalue weighted by atomic mass is 9.73. The van der Waals surface area contributed by atoms with Crippen LogP contribution in [0.25, 0.3) is 0 Å². The molecular weight excluding hydrogens is 441 g/mol. The molecule has 2 saturated heterocycles. The maximum absolute atomic E-state index is 13.8. The van der Waals surface area contributed by atoms with Gasteiger partial charge in [-0.2, -0.15) is 13.2 Å². The Morgan fingerprint density at radius 1 is 1.18 bits per heavy atom. The first-order chi connectivity index (χ1) is 16.3. The number of hydrogen-bond donors (Lipinski definition) is 0. The number of amides is 1. The molecule has 8 heteroatoms. The molecule has 6 rings (SSSR count). The maximum Gasteiger partial charge on any atom is 0.417 e. The van der Waals surface area contributed by atoms with Gasteiger partial charge in [-0.25, -0.2) is 0 Å². The van der Waals surface area contributed by atoms with Gasteiger partial charge in [-0.3, -0.25) is 19.7 Å². The van der Waals surface area contributed by atoms with Gasteiger partial charge in [0.05, 0.1) is 11.0 Å². The molecule has 4 unspecified atom stereocenters. The van der Waals surface area contributed by atoms with Crippen LogP contribution >= 0.6 is 0 Å². The normalized spacial score (nSPS) is 33.5. The van der Waals surface area contributed by atoms with E-state index in [2.05, 4.69) is 27.9 Å². The van der Waals surface area contributed by atoms with Crippen molar-refractivity contribution in [1.82, 2.24) is 19.8 Å². The third-order valence-corrected chi connectivity index (χ3v) is 9.03. The first-order valence-electron chi connectivity index (χ1n) is 12.3. The van der Waals surface area contributed by atoms with Crippen molar-refractivity contribution < 1.29 is 18.0 Å². The van der Waals surface area contributed by atoms with Crippen molar-refractivity contribution in [2.75, 3.05) is 13.1 Å². The standard InChI is InChI=1S/C26H29F3N4O/c1-16-23-11-22-18(10-19(13-31-22)26(27,28)29)15-33(23)24(34)25(16)7-5-20(12-25)32-9-6-17(14-32)21-4-2-3-8-30-21/h2-4,8,10,13,16-17,20,23H,5-7,9,11-12,14-15H2,1H3/t16?,17?,20?,23?,25-/m0/s1. The van der Waals surface area contributed by atoms with E-state index in [4.69, 9.17) is 0 Å². The third-order valence-electron chi connectivity index (χ3n) is 9.03. The van der Waals surface area contributed by atoms with Gasteiger partial charge in [0.2, 0.25) is 5.91 Å². The molecule has 5 atom stereocenters. The summed E-state index contributed by atoms with van der Waals surface area (Å²) in [4.78, 5) is 26.9. The predicted molar refractivity (Wildman–Crippen MR) is 120 cm³/mol. The van der Waals surface area contributed by atoms with E-state index in [0.717, 1.165) is 50.7 Å². The lowest BCUT2D eigenvalue weighted by Crippen LogP contribution is -2.40. The van der Waals surface area contributed by atoms with Gasteiger partial charge in [-0.1, -0.05) is 13.0 Å². The lowest BCUT2D eigenvalue weighted by Gasteiger charge is -2.33. The molecule has 3 aliphatic heterocycles. The molecule has 2 aromatic rings. The van der Waals surface area contributed by atoms with Crippen LogP contribution in [0.2, 0.25) is 0 Å². The van der Waals surface area contributed by atoms with E-state index in [1.165, 1.54) is 6.07 Å². The molecule has 2 aromatic heterocycles. The maximum atomic E-state index is 13.8. The number of hydrogen-bond acceptors (Lipinski definition) is 4. The highest BCUT2D eigenvalue weighted by Gasteiger charge is 2.61. The minimum Gasteiger partial charge on any atom is -0.334 e. The van der Waals surface area contributed by atoms with Gasteiger partial charge in [-0.05, 0) is 61.9 Å². The fourth-order valence-electron chi connectivity index (χ4n) is 7.09. The van der Waals surface area contributed by atoms with Gasteiger partial charge < -0.3 is 4.90 Å². The number of alkyl halides is 3. The first-order valence-corrected chi connectivity index (χ1v) is 12.3. The molecule has 1 amide bonds. The van der Waals surface area contributed by atoms with Gasteiger partial charge in [0.25, 0.3) is 0 Å². The van der Waals surface area contributed by atoms with Crippen molar-refractivity contribution in [1.29, 1.82) is 0 Å². The zero-order valence-electron chi connectivity index (χ0n) is 19.3. The Balaban J connectivity index is 1.19. The molecule has 0 N–H and O–H groups in total. The fraction of sp³-hybridized carbons (Fsp3) is 0.577. The average molecular weight is 471 g/mol. The molecule has 3 fully saturated rings. The summed E-state index contributed by atoms with van der Waals surface area (Å²) in [5, 5.41) is 0. The Kier molecular flexibility index (Phi) is 5.03. The highest BCUT2D eigenvalue weighted by Crippen LogP contribution is 2.55. The molecular formula is C26H29F3N4O. The molecule has 5 heterocycles. The Hall–Kier alpha value is -2.48. The zero-order chi connectivity index (χ0) is 23.7. The SMILES string of the molecule is CC1C2Cc3ncc(C(F)(F)F)cc3CN2C(=O)[C@]12CCC(N1CCC(c3ccccn3)C1)C2. The molecule has 4 aliphatic rings. The summed E-state index contributed by atoms with van der Waals surface area (Å²) in [6.45, 7) is 4.40. The largest absolute Gasteiger partial charge is 0.417 e. The summed E-state index contributed by atoms with van der Waals surface area (Å²) in [5.74, 6) is 0.733. The minimum atomic E-state index is -4.43. The zero-order valence-corrected chi connectivity index (χ0v) is 19.3. The molecule has 180 valence electrons. The number of pyridine rings is 2. The summed E-state index contributed by atoms with van der Waals surface area (Å²) >= 11 is 0. The van der Waals surface area contributed by atoms with Crippen LogP contribution in [0.15, 0.2) is 36.7 Å². The number of carbonyl (C=O) groups excluding carboxylic acids is 1. The molecule has 0 radical (unpaired) electrons. The third kappa shape index (κ3) is 3.36. The Morgan fingerprint density at radius 3 is 2.79 bits per heavy atom. The second-order valence-electron chi connectivity index (χ2n) is 10.6. The first kappa shape index (κ1) is 22.0. The summed E-state index contributed by atoms with van der Waals surface area (Å²) in [6.07, 6.45) is 2.67. The number of fused-ring (bicyclic) bond motifs is 2. The number of aromatic nitrogens is 2. The highest BCUT2D eigenvalue weighted by atomic mass is 19.4. The quantitative estimate of drug-likeness (QED) is 0.652. The van der Waals surface area contributed by atoms with Crippen LogP contribution in [0.3, 0.4) is 0 Å². The predicted octanol–water partition coefficient (Wildman–Crippen LogP) is 4.43. The highest BCUT2D eigenvalue weighted by molar-refractivity contribution is 5.87. The van der Waals surface area contributed by atoms with E-state index in [0.29, 0.717) is 29.6 Å². The van der Waals surface area contributed by atoms with Crippen molar-refractivity contribution in [2.24, 2.45) is 11.3 Å². The molecule has 34 heavy (non-hydrogen) atoms. The molecule has 5 nitrogen and oxygen atoms in total. The second-order valence-corrected chi connectivity index (χ2v) is 10.6. The minimum absolute atomic E-state index is 0.0165. The molecule has 1 spiro atoms. The van der Waals surface area contributed by atoms with Crippen molar-refractivity contribution >= 4 is 5.91 Å². The van der Waals surface area contributed by atoms with E-state index in [9.17, 15) is 18.0 Å². The van der Waals surface area contributed by atoms with E-state index >= 15 is 0 Å². The molecule has 1 aliphatic carbocycles. The van der Waals surface area contributed by atoms with Crippen molar-refractivity contribution in [3.8, 4) is 0 Å². The summed E-state index contributed by atoms with van der Waals surface area (Å²) in [5.41, 5.74) is 1.24. The summed E-state index contributed by atoms with van der Waals surface area (Å²) in [7, 11) is 0. The van der Waals surface area contributed by atoms with E-state index in [1.807, 2.05) is 23.2 Å². The Morgan fingerprint density at radius 2 is 2.03 bits per heavy atom. The van der Waals surface area contributed by atoms with Crippen LogP contribution in [0, 0.1) is 11.3 Å². The molecule has 0 aromatic carbocycles. The summed E-state index contributed by atoms with van der Waals surface area (Å²) in [6, 6.07) is 7.65. The smallest absolute Gasteiger partial charge is 0.334 e. The number of likely N-dealkylation sites (tertiary alicyclic amines) is 1. The van der Waals surface area contributed by atoms with Gasteiger partial charge >= 0.3 is 6.18 Å². The van der Waals surface area contributed by atoms with Crippen LogP contribution in [-0.4, -0.2) is 50.8 Å². The fourth-order valence-corrected chi connectivity index (χ4v) is 7.09. The van der Waals surface area contributed by atoms with E-state index in [1.54, 1.807) is 0 Å². The lowest BCUT2D eigenvalue weighted by molar-refractivity contribution is -0.138. The van der Waals surface area contributed by atoms with Crippen LogP contribution in [0.4, 0.5) is 13.2 Å². The van der Waals surface area contributed by atoms with Gasteiger partial charge in [0.15, 0.2) is 0 Å². The van der Waals surface area contributed by atoms with E-state index < -0.39 is 17.2 Å². The van der Waals surface area contributed by atoms with Crippen LogP contribution in [-0.2, 0) is 23.9 Å². The van der Waals surface area contributed by atoms with Gasteiger partial charge in [0, 0.05) is 61.3 Å². The van der Waals surface area contributed by atoms with Gasteiger partial charge in [0.1, 0.15) is 0 Å². The molecule has 1 saturated carbocycles. The number of nitrogens with zero attached hydrogens (tertiary/aromatic N) is 4. The summed E-state index contributed by atoms with van der Waals surface area (Å²) < 4.78 is 39.6. The van der Waals surface area contributed by atoms with Crippen molar-refractivity contribution in [2.45, 2.75) is 69.8 Å². The van der Waals surface area contributed by atoms with E-state index in [-0.39, 0.29) is 24.4 Å². The number of carbonyl (C=O) groups is 1. The van der Waals surface area contributed by atoms with Crippen LogP contribution < -0.4 is 0 Å². The average Bonchev–Trinajstić information content (AvgIpc) is 3.54. The van der Waals surface area contributed by atoms with Crippen LogP contribution in [0.5, 0.6) is 0 Å².